The fourth-order valence-electron chi connectivity index (χ4n) is 2.30. The van der Waals surface area contributed by atoms with Gasteiger partial charge in [0.2, 0.25) is 5.56 Å². The van der Waals surface area contributed by atoms with Crippen molar-refractivity contribution in [2.24, 2.45) is 0 Å². The van der Waals surface area contributed by atoms with Crippen LogP contribution in [0.4, 0.5) is 0 Å². The smallest absolute Gasteiger partial charge is 0.252 e. The van der Waals surface area contributed by atoms with E-state index >= 15 is 0 Å². The minimum absolute atomic E-state index is 0.206. The molecule has 5 nitrogen and oxygen atoms in total. The highest BCUT2D eigenvalue weighted by Gasteiger charge is 2.25. The fourth-order valence-corrected chi connectivity index (χ4v) is 2.30. The van der Waals surface area contributed by atoms with Crippen LogP contribution in [-0.4, -0.2) is 15.9 Å². The number of carbonyl (C=O) groups excluding carboxylic acids is 1. The summed E-state index contributed by atoms with van der Waals surface area (Å²) in [6, 6.07) is 8.48. The van der Waals surface area contributed by atoms with Crippen LogP contribution in [0.15, 0.2) is 41.3 Å². The van der Waals surface area contributed by atoms with Crippen LogP contribution >= 0.6 is 0 Å². The van der Waals surface area contributed by atoms with Crippen molar-refractivity contribution < 1.29 is 4.79 Å². The molecule has 2 N–H and O–H groups in total. The van der Waals surface area contributed by atoms with Crippen molar-refractivity contribution in [3.05, 3.63) is 63.8 Å². The molecule has 1 fully saturated rings. The van der Waals surface area contributed by atoms with E-state index in [1.54, 1.807) is 12.3 Å². The Morgan fingerprint density at radius 2 is 2.19 bits per heavy atom. The summed E-state index contributed by atoms with van der Waals surface area (Å²) in [5.41, 5.74) is 1.83. The van der Waals surface area contributed by atoms with Gasteiger partial charge < -0.3 is 10.3 Å². The molecular weight excluding hydrogens is 266 g/mol. The number of nitrogens with zero attached hydrogens (tertiary/aromatic N) is 1. The van der Waals surface area contributed by atoms with Crippen molar-refractivity contribution in [1.82, 2.24) is 15.3 Å². The van der Waals surface area contributed by atoms with Crippen molar-refractivity contribution in [1.29, 1.82) is 0 Å². The number of aromatic nitrogens is 2. The standard InChI is InChI=1S/C16H17N3O2/c1-10(13-4-2-3-7-17-13)18-16(21)12-8-14(11-5-6-11)19-15(20)9-12/h2-4,7-11H,5-6H2,1H3,(H,18,21)(H,19,20). The van der Waals surface area contributed by atoms with Crippen molar-refractivity contribution >= 4 is 5.91 Å². The highest BCUT2D eigenvalue weighted by atomic mass is 16.2. The molecule has 0 radical (unpaired) electrons. The average Bonchev–Trinajstić information content (AvgIpc) is 3.32. The molecule has 108 valence electrons. The zero-order valence-corrected chi connectivity index (χ0v) is 11.8. The van der Waals surface area contributed by atoms with E-state index < -0.39 is 0 Å². The first-order valence-electron chi connectivity index (χ1n) is 7.09. The Bertz CT molecular complexity index is 705. The third-order valence-electron chi connectivity index (χ3n) is 3.62. The first kappa shape index (κ1) is 13.5. The average molecular weight is 283 g/mol. The van der Waals surface area contributed by atoms with Crippen LogP contribution in [0.1, 0.15) is 53.5 Å². The second kappa shape index (κ2) is 5.52. The summed E-state index contributed by atoms with van der Waals surface area (Å²) in [6.07, 6.45) is 3.84. The molecule has 3 rings (SSSR count). The van der Waals surface area contributed by atoms with Gasteiger partial charge in [0.25, 0.3) is 5.91 Å². The van der Waals surface area contributed by atoms with Gasteiger partial charge in [-0.05, 0) is 43.9 Å². The van der Waals surface area contributed by atoms with Crippen LogP contribution in [0.3, 0.4) is 0 Å². The summed E-state index contributed by atoms with van der Waals surface area (Å²) in [5, 5.41) is 2.87. The molecule has 0 aromatic carbocycles. The Morgan fingerprint density at radius 1 is 1.38 bits per heavy atom. The number of carbonyl (C=O) groups is 1. The van der Waals surface area contributed by atoms with Crippen LogP contribution < -0.4 is 10.9 Å². The molecule has 5 heteroatoms. The number of hydrogen-bond donors (Lipinski definition) is 2. The quantitative estimate of drug-likeness (QED) is 0.902. The molecule has 0 saturated heterocycles. The Kier molecular flexibility index (Phi) is 3.56. The Balaban J connectivity index is 1.77. The van der Waals surface area contributed by atoms with Crippen molar-refractivity contribution in [2.75, 3.05) is 0 Å². The van der Waals surface area contributed by atoms with E-state index in [1.165, 1.54) is 6.07 Å². The minimum Gasteiger partial charge on any atom is -0.344 e. The number of rotatable bonds is 4. The zero-order chi connectivity index (χ0) is 14.8. The van der Waals surface area contributed by atoms with Crippen LogP contribution in [0, 0.1) is 0 Å². The molecule has 0 spiro atoms. The van der Waals surface area contributed by atoms with E-state index in [0.29, 0.717) is 11.5 Å². The Labute approximate surface area is 122 Å². The zero-order valence-electron chi connectivity index (χ0n) is 11.8. The van der Waals surface area contributed by atoms with Crippen molar-refractivity contribution in [3.8, 4) is 0 Å². The molecule has 1 aliphatic rings. The second-order valence-electron chi connectivity index (χ2n) is 5.41. The van der Waals surface area contributed by atoms with E-state index in [0.717, 1.165) is 24.2 Å². The first-order chi connectivity index (χ1) is 10.1. The van der Waals surface area contributed by atoms with Gasteiger partial charge in [-0.2, -0.15) is 0 Å². The molecule has 1 atom stereocenters. The number of amides is 1. The molecule has 2 heterocycles. The SMILES string of the molecule is CC(NC(=O)c1cc(C2CC2)[nH]c(=O)c1)c1ccccn1. The predicted molar refractivity (Wildman–Crippen MR) is 79.2 cm³/mol. The van der Waals surface area contributed by atoms with E-state index in [4.69, 9.17) is 0 Å². The van der Waals surface area contributed by atoms with Crippen molar-refractivity contribution in [2.45, 2.75) is 31.7 Å². The molecule has 1 aliphatic carbocycles. The third-order valence-corrected chi connectivity index (χ3v) is 3.62. The number of pyridine rings is 2. The summed E-state index contributed by atoms with van der Waals surface area (Å²) >= 11 is 0. The first-order valence-corrected chi connectivity index (χ1v) is 7.09. The maximum Gasteiger partial charge on any atom is 0.252 e. The number of hydrogen-bond acceptors (Lipinski definition) is 3. The summed E-state index contributed by atoms with van der Waals surface area (Å²) in [6.45, 7) is 1.87. The van der Waals surface area contributed by atoms with Crippen LogP contribution in [0.5, 0.6) is 0 Å². The maximum atomic E-state index is 12.3. The molecule has 1 amide bonds. The minimum atomic E-state index is -0.249. The molecule has 2 aromatic heterocycles. The second-order valence-corrected chi connectivity index (χ2v) is 5.41. The lowest BCUT2D eigenvalue weighted by Gasteiger charge is -2.13. The molecule has 1 unspecified atom stereocenters. The van der Waals surface area contributed by atoms with Gasteiger partial charge >= 0.3 is 0 Å². The Hall–Kier alpha value is -2.43. The number of nitrogens with one attached hydrogen (secondary N) is 2. The molecule has 0 bridgehead atoms. The molecule has 0 aliphatic heterocycles. The topological polar surface area (TPSA) is 74.8 Å². The van der Waals surface area contributed by atoms with E-state index in [2.05, 4.69) is 15.3 Å². The highest BCUT2D eigenvalue weighted by molar-refractivity contribution is 5.94. The van der Waals surface area contributed by atoms with Crippen LogP contribution in [-0.2, 0) is 0 Å². The largest absolute Gasteiger partial charge is 0.344 e. The van der Waals surface area contributed by atoms with E-state index in [9.17, 15) is 9.59 Å². The highest BCUT2D eigenvalue weighted by Crippen LogP contribution is 2.38. The summed E-state index contributed by atoms with van der Waals surface area (Å²) in [7, 11) is 0. The maximum absolute atomic E-state index is 12.3. The van der Waals surface area contributed by atoms with Gasteiger partial charge in [-0.1, -0.05) is 6.07 Å². The van der Waals surface area contributed by atoms with Crippen LogP contribution in [0.2, 0.25) is 0 Å². The summed E-state index contributed by atoms with van der Waals surface area (Å²) in [4.78, 5) is 31.0. The molecule has 21 heavy (non-hydrogen) atoms. The third kappa shape index (κ3) is 3.18. The van der Waals surface area contributed by atoms with Gasteiger partial charge in [0.1, 0.15) is 0 Å². The van der Waals surface area contributed by atoms with Gasteiger partial charge in [0.05, 0.1) is 11.7 Å². The fraction of sp³-hybridized carbons (Fsp3) is 0.312. The van der Waals surface area contributed by atoms with E-state index in [-0.39, 0.29) is 17.5 Å². The van der Waals surface area contributed by atoms with Gasteiger partial charge in [-0.3, -0.25) is 14.6 Å². The lowest BCUT2D eigenvalue weighted by atomic mass is 10.1. The molecule has 2 aromatic rings. The molecular formula is C16H17N3O2. The summed E-state index contributed by atoms with van der Waals surface area (Å²) in [5.74, 6) is 0.153. The molecule has 1 saturated carbocycles. The monoisotopic (exact) mass is 283 g/mol. The predicted octanol–water partition coefficient (Wildman–Crippen LogP) is 2.14. The Morgan fingerprint density at radius 3 is 2.86 bits per heavy atom. The van der Waals surface area contributed by atoms with Crippen LogP contribution in [0.25, 0.3) is 0 Å². The number of aromatic amines is 1. The normalized spacial score (nSPS) is 15.5. The van der Waals surface area contributed by atoms with Gasteiger partial charge in [0, 0.05) is 23.5 Å². The van der Waals surface area contributed by atoms with Gasteiger partial charge in [-0.15, -0.1) is 0 Å². The lowest BCUT2D eigenvalue weighted by Crippen LogP contribution is -2.28. The van der Waals surface area contributed by atoms with Crippen molar-refractivity contribution in [3.63, 3.8) is 0 Å². The van der Waals surface area contributed by atoms with Gasteiger partial charge in [0.15, 0.2) is 0 Å². The summed E-state index contributed by atoms with van der Waals surface area (Å²) < 4.78 is 0. The van der Waals surface area contributed by atoms with E-state index in [1.807, 2.05) is 25.1 Å². The van der Waals surface area contributed by atoms with Gasteiger partial charge in [-0.25, -0.2) is 0 Å². The lowest BCUT2D eigenvalue weighted by molar-refractivity contribution is 0.0938. The number of H-pyrrole nitrogens is 1.